The fourth-order valence-corrected chi connectivity index (χ4v) is 1.06. The van der Waals surface area contributed by atoms with E-state index >= 15 is 0 Å². The molecule has 4 nitrogen and oxygen atoms in total. The van der Waals surface area contributed by atoms with Crippen molar-refractivity contribution in [3.05, 3.63) is 30.7 Å². The monoisotopic (exact) mass is 175 g/mol. The van der Waals surface area contributed by atoms with Crippen LogP contribution in [0.4, 0.5) is 5.82 Å². The molecule has 1 N–H and O–H groups in total. The van der Waals surface area contributed by atoms with Gasteiger partial charge in [0.2, 0.25) is 5.91 Å². The van der Waals surface area contributed by atoms with Crippen molar-refractivity contribution >= 4 is 11.7 Å². The van der Waals surface area contributed by atoms with E-state index < -0.39 is 0 Å². The summed E-state index contributed by atoms with van der Waals surface area (Å²) in [4.78, 5) is 19.0. The molecule has 1 aromatic heterocycles. The number of hydrogen-bond donors (Lipinski definition) is 1. The highest BCUT2D eigenvalue weighted by atomic mass is 16.2. The molecule has 1 heterocycles. The summed E-state index contributed by atoms with van der Waals surface area (Å²) >= 11 is 0. The Morgan fingerprint density at radius 3 is 3.00 bits per heavy atom. The molecular weight excluding hydrogens is 166 g/mol. The van der Waals surface area contributed by atoms with Crippen molar-refractivity contribution < 1.29 is 4.79 Å². The fourth-order valence-electron chi connectivity index (χ4n) is 1.06. The summed E-state index contributed by atoms with van der Waals surface area (Å²) in [6.45, 7) is 3.72. The second-order valence-electron chi connectivity index (χ2n) is 3.00. The molecule has 1 aromatic rings. The third-order valence-corrected chi connectivity index (χ3v) is 1.95. The average molecular weight is 175 g/mol. The van der Waals surface area contributed by atoms with Crippen LogP contribution in [-0.4, -0.2) is 15.9 Å². The van der Waals surface area contributed by atoms with Crippen LogP contribution in [0.3, 0.4) is 0 Å². The molecule has 1 aliphatic rings. The lowest BCUT2D eigenvalue weighted by molar-refractivity contribution is -0.117. The molecule has 0 bridgehead atoms. The van der Waals surface area contributed by atoms with Gasteiger partial charge < -0.3 is 5.32 Å². The van der Waals surface area contributed by atoms with Crippen molar-refractivity contribution in [1.29, 1.82) is 0 Å². The number of amides is 1. The van der Waals surface area contributed by atoms with E-state index in [-0.39, 0.29) is 11.8 Å². The number of hydrogen-bond acceptors (Lipinski definition) is 3. The van der Waals surface area contributed by atoms with Crippen LogP contribution in [0.2, 0.25) is 0 Å². The van der Waals surface area contributed by atoms with Gasteiger partial charge in [-0.3, -0.25) is 4.79 Å². The molecule has 1 atom stereocenters. The molecule has 13 heavy (non-hydrogen) atoms. The molecule has 2 rings (SSSR count). The Morgan fingerprint density at radius 2 is 2.46 bits per heavy atom. The number of carbonyl (C=O) groups is 1. The molecule has 1 saturated carbocycles. The van der Waals surface area contributed by atoms with Gasteiger partial charge >= 0.3 is 0 Å². The van der Waals surface area contributed by atoms with Crippen LogP contribution in [0.1, 0.15) is 6.42 Å². The first kappa shape index (κ1) is 7.91. The molecule has 1 unspecified atom stereocenters. The zero-order valence-electron chi connectivity index (χ0n) is 7.03. The van der Waals surface area contributed by atoms with Crippen LogP contribution in [0.15, 0.2) is 30.7 Å². The predicted octanol–water partition coefficient (Wildman–Crippen LogP) is 0.991. The molecule has 0 spiro atoms. The van der Waals surface area contributed by atoms with Gasteiger partial charge in [-0.15, -0.1) is 0 Å². The Balaban J connectivity index is 1.99. The summed E-state index contributed by atoms with van der Waals surface area (Å²) in [7, 11) is 0. The van der Waals surface area contributed by atoms with E-state index in [1.165, 1.54) is 6.33 Å². The van der Waals surface area contributed by atoms with Crippen LogP contribution in [0, 0.1) is 5.92 Å². The highest BCUT2D eigenvalue weighted by molar-refractivity contribution is 5.96. The van der Waals surface area contributed by atoms with E-state index in [0.717, 1.165) is 12.0 Å². The lowest BCUT2D eigenvalue weighted by Crippen LogP contribution is -2.14. The van der Waals surface area contributed by atoms with Gasteiger partial charge in [0.25, 0.3) is 0 Å². The van der Waals surface area contributed by atoms with Gasteiger partial charge in [-0.1, -0.05) is 12.2 Å². The topological polar surface area (TPSA) is 54.9 Å². The maximum absolute atomic E-state index is 11.4. The molecule has 66 valence electrons. The molecule has 1 amide bonds. The molecule has 4 heteroatoms. The van der Waals surface area contributed by atoms with E-state index in [4.69, 9.17) is 0 Å². The van der Waals surface area contributed by atoms with Gasteiger partial charge in [0.1, 0.15) is 12.1 Å². The summed E-state index contributed by atoms with van der Waals surface area (Å²) < 4.78 is 0. The minimum atomic E-state index is -0.0244. The van der Waals surface area contributed by atoms with Gasteiger partial charge in [-0.25, -0.2) is 9.97 Å². The quantitative estimate of drug-likeness (QED) is 0.682. The number of nitrogens with zero attached hydrogens (tertiary/aromatic N) is 2. The van der Waals surface area contributed by atoms with E-state index in [2.05, 4.69) is 21.9 Å². The number of rotatable bonds is 2. The van der Waals surface area contributed by atoms with Crippen LogP contribution in [0.25, 0.3) is 0 Å². The average Bonchev–Trinajstić information content (AvgIpc) is 2.84. The van der Waals surface area contributed by atoms with Gasteiger partial charge in [0.05, 0.1) is 5.92 Å². The van der Waals surface area contributed by atoms with Crippen molar-refractivity contribution in [2.24, 2.45) is 5.92 Å². The first-order valence-electron chi connectivity index (χ1n) is 4.02. The Bertz CT molecular complexity index is 347. The van der Waals surface area contributed by atoms with Gasteiger partial charge in [0.15, 0.2) is 0 Å². The number of aromatic nitrogens is 2. The van der Waals surface area contributed by atoms with Crippen LogP contribution in [0.5, 0.6) is 0 Å². The van der Waals surface area contributed by atoms with Crippen molar-refractivity contribution in [1.82, 2.24) is 9.97 Å². The van der Waals surface area contributed by atoms with E-state index in [9.17, 15) is 4.79 Å². The zero-order valence-corrected chi connectivity index (χ0v) is 7.03. The smallest absolute Gasteiger partial charge is 0.233 e. The van der Waals surface area contributed by atoms with Crippen LogP contribution in [-0.2, 0) is 4.79 Å². The second-order valence-corrected chi connectivity index (χ2v) is 3.00. The third-order valence-electron chi connectivity index (χ3n) is 1.95. The molecule has 0 saturated heterocycles. The minimum Gasteiger partial charge on any atom is -0.310 e. The van der Waals surface area contributed by atoms with Gasteiger partial charge in [-0.2, -0.15) is 0 Å². The van der Waals surface area contributed by atoms with Crippen LogP contribution >= 0.6 is 0 Å². The predicted molar refractivity (Wildman–Crippen MR) is 47.9 cm³/mol. The zero-order chi connectivity index (χ0) is 9.26. The SMILES string of the molecule is C=C1CC1C(=O)Nc1ccncn1. The maximum atomic E-state index is 11.4. The summed E-state index contributed by atoms with van der Waals surface area (Å²) in [6, 6.07) is 1.66. The first-order valence-corrected chi connectivity index (χ1v) is 4.02. The Morgan fingerprint density at radius 1 is 1.69 bits per heavy atom. The van der Waals surface area contributed by atoms with Crippen molar-refractivity contribution in [2.45, 2.75) is 6.42 Å². The summed E-state index contributed by atoms with van der Waals surface area (Å²) in [6.07, 6.45) is 3.79. The lowest BCUT2D eigenvalue weighted by Gasteiger charge is -2.00. The Labute approximate surface area is 75.7 Å². The number of nitrogens with one attached hydrogen (secondary N) is 1. The van der Waals surface area contributed by atoms with E-state index in [1.54, 1.807) is 12.3 Å². The minimum absolute atomic E-state index is 0.00466. The Kier molecular flexibility index (Phi) is 1.81. The lowest BCUT2D eigenvalue weighted by atomic mass is 10.4. The second kappa shape index (κ2) is 2.97. The van der Waals surface area contributed by atoms with Gasteiger partial charge in [0, 0.05) is 6.20 Å². The van der Waals surface area contributed by atoms with Gasteiger partial charge in [-0.05, 0) is 12.5 Å². The Hall–Kier alpha value is -1.71. The molecule has 1 aliphatic carbocycles. The third kappa shape index (κ3) is 1.72. The maximum Gasteiger partial charge on any atom is 0.233 e. The highest BCUT2D eigenvalue weighted by Gasteiger charge is 2.34. The molecule has 0 aliphatic heterocycles. The summed E-state index contributed by atoms with van der Waals surface area (Å²) in [5.41, 5.74) is 0.992. The fraction of sp³-hybridized carbons (Fsp3) is 0.222. The molecule has 0 radical (unpaired) electrons. The van der Waals surface area contributed by atoms with E-state index in [0.29, 0.717) is 5.82 Å². The highest BCUT2D eigenvalue weighted by Crippen LogP contribution is 2.36. The van der Waals surface area contributed by atoms with Crippen LogP contribution < -0.4 is 5.32 Å². The molecule has 1 fully saturated rings. The normalized spacial score (nSPS) is 19.7. The molecular formula is C9H9N3O. The summed E-state index contributed by atoms with van der Waals surface area (Å²) in [5.74, 6) is 0.512. The standard InChI is InChI=1S/C9H9N3O/c1-6-4-7(6)9(13)12-8-2-3-10-5-11-8/h2-3,5,7H,1,4H2,(H,10,11,12,13). The molecule has 0 aromatic carbocycles. The van der Waals surface area contributed by atoms with E-state index in [1.807, 2.05) is 0 Å². The van der Waals surface area contributed by atoms with Crippen molar-refractivity contribution in [3.63, 3.8) is 0 Å². The number of anilines is 1. The van der Waals surface area contributed by atoms with Crippen molar-refractivity contribution in [2.75, 3.05) is 5.32 Å². The summed E-state index contributed by atoms with van der Waals surface area (Å²) in [5, 5.41) is 2.68. The first-order chi connectivity index (χ1) is 6.27. The van der Waals surface area contributed by atoms with Crippen molar-refractivity contribution in [3.8, 4) is 0 Å². The largest absolute Gasteiger partial charge is 0.310 e. The number of carbonyl (C=O) groups excluding carboxylic acids is 1.